The molecule has 84 valence electrons. The van der Waals surface area contributed by atoms with Gasteiger partial charge >= 0.3 is 0 Å². The second-order valence-electron chi connectivity index (χ2n) is 3.43. The first-order valence-electron chi connectivity index (χ1n) is 4.67. The van der Waals surface area contributed by atoms with Crippen LogP contribution in [-0.4, -0.2) is 26.6 Å². The van der Waals surface area contributed by atoms with E-state index in [-0.39, 0.29) is 5.56 Å². The minimum Gasteiger partial charge on any atom is -0.390 e. The lowest BCUT2D eigenvalue weighted by molar-refractivity contribution is 0.0171. The molecule has 0 spiro atoms. The molecule has 0 amide bonds. The van der Waals surface area contributed by atoms with E-state index in [0.717, 1.165) is 0 Å². The number of halogens is 1. The van der Waals surface area contributed by atoms with Crippen molar-refractivity contribution in [2.24, 2.45) is 0 Å². The van der Waals surface area contributed by atoms with Gasteiger partial charge in [-0.05, 0) is 25.0 Å². The number of aliphatic hydroxyl groups is 2. The van der Waals surface area contributed by atoms with Gasteiger partial charge in [-0.1, -0.05) is 15.9 Å². The second kappa shape index (κ2) is 5.44. The van der Waals surface area contributed by atoms with E-state index in [1.165, 1.54) is 6.20 Å². The van der Waals surface area contributed by atoms with Gasteiger partial charge in [-0.2, -0.15) is 0 Å². The molecule has 3 N–H and O–H groups in total. The Balaban J connectivity index is 2.86. The summed E-state index contributed by atoms with van der Waals surface area (Å²) in [7, 11) is 0. The quantitative estimate of drug-likeness (QED) is 0.714. The molecule has 1 aromatic rings. The molecule has 1 heterocycles. The summed E-state index contributed by atoms with van der Waals surface area (Å²) in [5.74, 6) is 0. The maximum Gasteiger partial charge on any atom is 0.250 e. The first-order valence-corrected chi connectivity index (χ1v) is 5.79. The minimum absolute atomic E-state index is 0.180. The van der Waals surface area contributed by atoms with Crippen LogP contribution in [0.3, 0.4) is 0 Å². The van der Waals surface area contributed by atoms with Crippen molar-refractivity contribution >= 4 is 15.9 Å². The van der Waals surface area contributed by atoms with Crippen LogP contribution in [0.4, 0.5) is 0 Å². The van der Waals surface area contributed by atoms with Gasteiger partial charge in [0, 0.05) is 17.1 Å². The summed E-state index contributed by atoms with van der Waals surface area (Å²) in [4.78, 5) is 13.6. The van der Waals surface area contributed by atoms with E-state index in [2.05, 4.69) is 20.9 Å². The Morgan fingerprint density at radius 2 is 2.20 bits per heavy atom. The highest BCUT2D eigenvalue weighted by Gasteiger charge is 2.18. The molecule has 0 aliphatic heterocycles. The van der Waals surface area contributed by atoms with Gasteiger partial charge in [0.2, 0.25) is 0 Å². The lowest BCUT2D eigenvalue weighted by atomic mass is 10.0. The molecule has 0 aliphatic rings. The van der Waals surface area contributed by atoms with Crippen molar-refractivity contribution in [1.29, 1.82) is 0 Å². The number of hydrogen-bond donors (Lipinski definition) is 3. The third-order valence-electron chi connectivity index (χ3n) is 2.22. The van der Waals surface area contributed by atoms with Crippen LogP contribution in [-0.2, 0) is 0 Å². The lowest BCUT2D eigenvalue weighted by Gasteiger charge is -2.17. The van der Waals surface area contributed by atoms with E-state index < -0.39 is 12.2 Å². The molecule has 0 aromatic carbocycles. The number of aryl methyl sites for hydroxylation is 1. The maximum absolute atomic E-state index is 11.1. The number of rotatable bonds is 4. The SMILES string of the molecule is Cc1cc(C(O)C(O)CCBr)c[nH]c1=O. The van der Waals surface area contributed by atoms with E-state index in [1.54, 1.807) is 13.0 Å². The Labute approximate surface area is 96.1 Å². The monoisotopic (exact) mass is 275 g/mol. The fourth-order valence-electron chi connectivity index (χ4n) is 1.28. The Hall–Kier alpha value is -0.650. The average molecular weight is 276 g/mol. The minimum atomic E-state index is -0.960. The summed E-state index contributed by atoms with van der Waals surface area (Å²) in [5, 5.41) is 19.9. The van der Waals surface area contributed by atoms with E-state index in [0.29, 0.717) is 22.9 Å². The number of aliphatic hydroxyl groups excluding tert-OH is 2. The number of H-pyrrole nitrogens is 1. The van der Waals surface area contributed by atoms with E-state index in [1.807, 2.05) is 0 Å². The van der Waals surface area contributed by atoms with Gasteiger partial charge in [0.05, 0.1) is 6.10 Å². The Morgan fingerprint density at radius 3 is 2.73 bits per heavy atom. The van der Waals surface area contributed by atoms with Gasteiger partial charge in [-0.3, -0.25) is 4.79 Å². The van der Waals surface area contributed by atoms with Crippen LogP contribution in [0, 0.1) is 6.92 Å². The van der Waals surface area contributed by atoms with Gasteiger partial charge in [-0.25, -0.2) is 0 Å². The molecular formula is C10H14BrNO3. The van der Waals surface area contributed by atoms with Gasteiger partial charge in [0.15, 0.2) is 0 Å². The van der Waals surface area contributed by atoms with Crippen LogP contribution in [0.5, 0.6) is 0 Å². The fourth-order valence-corrected chi connectivity index (χ4v) is 1.75. The van der Waals surface area contributed by atoms with Crippen molar-refractivity contribution in [1.82, 2.24) is 4.98 Å². The molecule has 0 aliphatic carbocycles. The second-order valence-corrected chi connectivity index (χ2v) is 4.23. The molecule has 0 bridgehead atoms. The molecular weight excluding hydrogens is 262 g/mol. The van der Waals surface area contributed by atoms with Crippen LogP contribution in [0.15, 0.2) is 17.1 Å². The number of aromatic nitrogens is 1. The molecule has 5 heteroatoms. The predicted molar refractivity (Wildman–Crippen MR) is 61.2 cm³/mol. The summed E-state index contributed by atoms with van der Waals surface area (Å²) in [6.45, 7) is 1.66. The van der Waals surface area contributed by atoms with E-state index in [4.69, 9.17) is 0 Å². The normalized spacial score (nSPS) is 14.9. The largest absolute Gasteiger partial charge is 0.390 e. The zero-order valence-electron chi connectivity index (χ0n) is 8.40. The van der Waals surface area contributed by atoms with Crippen molar-refractivity contribution < 1.29 is 10.2 Å². The smallest absolute Gasteiger partial charge is 0.250 e. The zero-order valence-corrected chi connectivity index (χ0v) is 9.99. The Kier molecular flexibility index (Phi) is 4.50. The molecule has 2 unspecified atom stereocenters. The highest BCUT2D eigenvalue weighted by molar-refractivity contribution is 9.09. The van der Waals surface area contributed by atoms with Crippen molar-refractivity contribution in [2.75, 3.05) is 5.33 Å². The third kappa shape index (κ3) is 3.15. The average Bonchev–Trinajstić information content (AvgIpc) is 2.21. The number of hydrogen-bond acceptors (Lipinski definition) is 3. The summed E-state index contributed by atoms with van der Waals surface area (Å²) >= 11 is 3.19. The van der Waals surface area contributed by atoms with Crippen LogP contribution in [0.1, 0.15) is 23.7 Å². The topological polar surface area (TPSA) is 73.3 Å². The first kappa shape index (κ1) is 12.4. The summed E-state index contributed by atoms with van der Waals surface area (Å²) in [6, 6.07) is 1.58. The zero-order chi connectivity index (χ0) is 11.4. The highest BCUT2D eigenvalue weighted by Crippen LogP contribution is 2.18. The van der Waals surface area contributed by atoms with Crippen molar-refractivity contribution in [3.05, 3.63) is 33.7 Å². The van der Waals surface area contributed by atoms with Crippen LogP contribution < -0.4 is 5.56 Å². The number of pyridine rings is 1. The van der Waals surface area contributed by atoms with E-state index >= 15 is 0 Å². The Bertz CT molecular complexity index is 377. The molecule has 4 nitrogen and oxygen atoms in total. The Morgan fingerprint density at radius 1 is 1.53 bits per heavy atom. The molecule has 0 radical (unpaired) electrons. The lowest BCUT2D eigenvalue weighted by Crippen LogP contribution is -2.20. The molecule has 0 saturated carbocycles. The molecule has 0 saturated heterocycles. The molecule has 1 rings (SSSR count). The summed E-state index contributed by atoms with van der Waals surface area (Å²) in [6.07, 6.45) is 0.101. The molecule has 1 aromatic heterocycles. The summed E-state index contributed by atoms with van der Waals surface area (Å²) < 4.78 is 0. The van der Waals surface area contributed by atoms with E-state index in [9.17, 15) is 15.0 Å². The highest BCUT2D eigenvalue weighted by atomic mass is 79.9. The van der Waals surface area contributed by atoms with Gasteiger partial charge in [-0.15, -0.1) is 0 Å². The molecule has 0 fully saturated rings. The van der Waals surface area contributed by atoms with Crippen LogP contribution >= 0.6 is 15.9 Å². The van der Waals surface area contributed by atoms with Gasteiger partial charge < -0.3 is 15.2 Å². The summed E-state index contributed by atoms with van der Waals surface area (Å²) in [5.41, 5.74) is 0.874. The number of alkyl halides is 1. The third-order valence-corrected chi connectivity index (χ3v) is 2.68. The van der Waals surface area contributed by atoms with Crippen LogP contribution in [0.2, 0.25) is 0 Å². The fraction of sp³-hybridized carbons (Fsp3) is 0.500. The molecule has 15 heavy (non-hydrogen) atoms. The predicted octanol–water partition coefficient (Wildman–Crippen LogP) is 0.863. The molecule has 2 atom stereocenters. The van der Waals surface area contributed by atoms with Crippen molar-refractivity contribution in [2.45, 2.75) is 25.6 Å². The van der Waals surface area contributed by atoms with Gasteiger partial charge in [0.1, 0.15) is 6.10 Å². The van der Waals surface area contributed by atoms with Crippen LogP contribution in [0.25, 0.3) is 0 Å². The standard InChI is InChI=1S/C10H14BrNO3/c1-6-4-7(5-12-10(6)15)9(14)8(13)2-3-11/h4-5,8-9,13-14H,2-3H2,1H3,(H,12,15). The maximum atomic E-state index is 11.1. The van der Waals surface area contributed by atoms with Gasteiger partial charge in [0.25, 0.3) is 5.56 Å². The first-order chi connectivity index (χ1) is 7.06. The van der Waals surface area contributed by atoms with Crippen molar-refractivity contribution in [3.8, 4) is 0 Å². The number of nitrogens with one attached hydrogen (secondary N) is 1. The van der Waals surface area contributed by atoms with Crippen molar-refractivity contribution in [3.63, 3.8) is 0 Å². The number of aromatic amines is 1.